The van der Waals surface area contributed by atoms with Crippen molar-refractivity contribution in [2.24, 2.45) is 11.8 Å². The average molecular weight is 572 g/mol. The fourth-order valence-electron chi connectivity index (χ4n) is 5.97. The Morgan fingerprint density at radius 3 is 2.51 bits per heavy atom. The molecule has 0 radical (unpaired) electrons. The van der Waals surface area contributed by atoms with Gasteiger partial charge in [0.25, 0.3) is 17.3 Å². The lowest BCUT2D eigenvalue weighted by Gasteiger charge is -2.40. The number of hydrogen-bond donors (Lipinski definition) is 2. The van der Waals surface area contributed by atoms with Crippen molar-refractivity contribution in [1.29, 1.82) is 0 Å². The van der Waals surface area contributed by atoms with Gasteiger partial charge in [0.1, 0.15) is 15.7 Å². The molecule has 1 unspecified atom stereocenters. The fraction of sp³-hybridized carbons (Fsp3) is 0.556. The quantitative estimate of drug-likeness (QED) is 0.388. The van der Waals surface area contributed by atoms with Gasteiger partial charge in [-0.25, -0.2) is 0 Å². The predicted octanol–water partition coefficient (Wildman–Crippen LogP) is 2.02. The van der Waals surface area contributed by atoms with Crippen LogP contribution in [0.1, 0.15) is 46.9 Å². The summed E-state index contributed by atoms with van der Waals surface area (Å²) in [6.45, 7) is 10.5. The summed E-state index contributed by atoms with van der Waals surface area (Å²) < 4.78 is 18.2. The molecule has 1 atom stereocenters. The number of thioether (sulfide) groups is 1. The van der Waals surface area contributed by atoms with Crippen LogP contribution in [0.2, 0.25) is 5.02 Å². The number of nitrogens with one attached hydrogen (secondary N) is 2. The van der Waals surface area contributed by atoms with Gasteiger partial charge in [-0.05, 0) is 58.2 Å². The number of ether oxygens (including phenoxy) is 3. The van der Waals surface area contributed by atoms with E-state index in [-0.39, 0.29) is 17.4 Å². The van der Waals surface area contributed by atoms with E-state index in [0.29, 0.717) is 39.1 Å². The molecule has 8 nitrogen and oxygen atoms in total. The Morgan fingerprint density at radius 2 is 1.90 bits per heavy atom. The molecule has 5 rings (SSSR count). The van der Waals surface area contributed by atoms with Gasteiger partial charge in [0.05, 0.1) is 18.2 Å². The molecule has 0 saturated carbocycles. The normalized spacial score (nSPS) is 22.1. The molecule has 1 aromatic heterocycles. The summed E-state index contributed by atoms with van der Waals surface area (Å²) in [5.74, 6) is 0.664. The molecule has 0 bridgehead atoms. The molecule has 4 heterocycles. The predicted molar refractivity (Wildman–Crippen MR) is 159 cm³/mol. The van der Waals surface area contributed by atoms with Crippen LogP contribution in [0.25, 0.3) is 0 Å². The van der Waals surface area contributed by atoms with Gasteiger partial charge in [0, 0.05) is 57.9 Å². The number of likely N-dealkylation sites (tertiary alicyclic amines) is 1. The van der Waals surface area contributed by atoms with Crippen LogP contribution >= 0.6 is 23.4 Å². The monoisotopic (exact) mass is 571 g/mol. The number of aryl methyl sites for hydroxylation is 1. The molecule has 1 aromatic carbocycles. The van der Waals surface area contributed by atoms with E-state index in [4.69, 9.17) is 25.8 Å². The highest BCUT2D eigenvalue weighted by Crippen LogP contribution is 2.51. The largest absolute Gasteiger partial charge is 0.448 e. The molecular formula is C27H36B2ClN3O5S. The first-order valence-corrected chi connectivity index (χ1v) is 15.1. The summed E-state index contributed by atoms with van der Waals surface area (Å²) in [6, 6.07) is 3.56. The molecule has 3 aliphatic heterocycles. The van der Waals surface area contributed by atoms with Crippen molar-refractivity contribution in [3.05, 3.63) is 49.9 Å². The van der Waals surface area contributed by atoms with Gasteiger partial charge in [0.2, 0.25) is 0 Å². The molecule has 39 heavy (non-hydrogen) atoms. The van der Waals surface area contributed by atoms with Gasteiger partial charge >= 0.3 is 0 Å². The van der Waals surface area contributed by atoms with Crippen molar-refractivity contribution in [2.45, 2.75) is 49.6 Å². The van der Waals surface area contributed by atoms with Crippen LogP contribution in [0.3, 0.4) is 0 Å². The minimum atomic E-state index is -0.930. The van der Waals surface area contributed by atoms with E-state index in [0.717, 1.165) is 56.3 Å². The number of benzene rings is 1. The molecule has 3 aliphatic rings. The van der Waals surface area contributed by atoms with Crippen LogP contribution in [-0.4, -0.2) is 76.4 Å². The fourth-order valence-corrected chi connectivity index (χ4v) is 7.05. The Labute approximate surface area is 240 Å². The van der Waals surface area contributed by atoms with Gasteiger partial charge in [-0.3, -0.25) is 9.59 Å². The number of aromatic nitrogens is 1. The van der Waals surface area contributed by atoms with E-state index in [1.807, 2.05) is 48.8 Å². The molecule has 208 valence electrons. The third-order valence-corrected chi connectivity index (χ3v) is 9.29. The molecule has 1 amide bonds. The minimum absolute atomic E-state index is 0.198. The van der Waals surface area contributed by atoms with Crippen LogP contribution < -0.4 is 20.3 Å². The maximum Gasteiger partial charge on any atom is 0.253 e. The van der Waals surface area contributed by atoms with Crippen LogP contribution in [0.15, 0.2) is 21.8 Å². The van der Waals surface area contributed by atoms with E-state index in [1.165, 1.54) is 11.8 Å². The first-order valence-electron chi connectivity index (χ1n) is 13.5. The number of halogens is 1. The zero-order valence-corrected chi connectivity index (χ0v) is 25.1. The highest BCUT2D eigenvalue weighted by Gasteiger charge is 2.47. The molecule has 2 aromatic rings. The third kappa shape index (κ3) is 5.47. The first kappa shape index (κ1) is 28.5. The summed E-state index contributed by atoms with van der Waals surface area (Å²) in [4.78, 5) is 32.7. The number of amides is 1. The van der Waals surface area contributed by atoms with Gasteiger partial charge in [0.15, 0.2) is 11.5 Å². The highest BCUT2D eigenvalue weighted by atomic mass is 35.5. The van der Waals surface area contributed by atoms with Crippen molar-refractivity contribution in [2.75, 3.05) is 39.1 Å². The summed E-state index contributed by atoms with van der Waals surface area (Å²) in [7, 11) is 3.66. The summed E-state index contributed by atoms with van der Waals surface area (Å²) in [5.41, 5.74) is 2.13. The minimum Gasteiger partial charge on any atom is -0.448 e. The lowest BCUT2D eigenvalue weighted by molar-refractivity contribution is -0.128. The number of nitrogens with zero attached hydrogens (tertiary/aromatic N) is 1. The Morgan fingerprint density at radius 1 is 1.23 bits per heavy atom. The number of fused-ring (bicyclic) bond motifs is 1. The lowest BCUT2D eigenvalue weighted by Crippen LogP contribution is -2.50. The van der Waals surface area contributed by atoms with Crippen LogP contribution in [-0.2, 0) is 10.1 Å². The number of piperidine rings is 1. The Hall–Kier alpha value is -2.07. The first-order chi connectivity index (χ1) is 18.4. The van der Waals surface area contributed by atoms with E-state index < -0.39 is 11.1 Å². The van der Waals surface area contributed by atoms with E-state index in [1.54, 1.807) is 6.07 Å². The van der Waals surface area contributed by atoms with Gasteiger partial charge in [-0.15, -0.1) is 11.8 Å². The standard InChI is InChI=1S/C27H36B2ClN3O5S/c1-14-9-20(39-4)21(25(35)31-14)27(28,29)32-24(34)18-10-19(30)23-22(15(18)2)37-26(3,38-23)17-5-7-33(8-6-17)11-16-12-36-13-16/h9-10,16-17H,5-8,11-13,28-29H2,1-4H3,(H,31,35)(H,32,34). The molecule has 0 aliphatic carbocycles. The number of pyridine rings is 1. The van der Waals surface area contributed by atoms with Crippen molar-refractivity contribution >= 4 is 45.0 Å². The number of hydrogen-bond acceptors (Lipinski definition) is 7. The number of H-pyrrole nitrogens is 1. The van der Waals surface area contributed by atoms with Crippen molar-refractivity contribution < 1.29 is 19.0 Å². The second-order valence-electron chi connectivity index (χ2n) is 11.7. The van der Waals surface area contributed by atoms with Crippen LogP contribution in [0.5, 0.6) is 11.5 Å². The van der Waals surface area contributed by atoms with E-state index in [9.17, 15) is 9.59 Å². The Balaban J connectivity index is 1.34. The zero-order valence-electron chi connectivity index (χ0n) is 23.5. The lowest BCUT2D eigenvalue weighted by atomic mass is 9.58. The smallest absolute Gasteiger partial charge is 0.253 e. The molecule has 0 spiro atoms. The summed E-state index contributed by atoms with van der Waals surface area (Å²) in [5, 5.41) is 2.46. The van der Waals surface area contributed by atoms with E-state index in [2.05, 4.69) is 15.2 Å². The third-order valence-electron chi connectivity index (χ3n) is 8.25. The molecule has 12 heteroatoms. The van der Waals surface area contributed by atoms with Gasteiger partial charge in [-0.1, -0.05) is 11.6 Å². The molecule has 2 N–H and O–H groups in total. The van der Waals surface area contributed by atoms with Gasteiger partial charge in [-0.2, -0.15) is 0 Å². The summed E-state index contributed by atoms with van der Waals surface area (Å²) >= 11 is 8.15. The van der Waals surface area contributed by atoms with Crippen LogP contribution in [0, 0.1) is 25.7 Å². The number of rotatable bonds is 7. The van der Waals surface area contributed by atoms with Crippen molar-refractivity contribution in [1.82, 2.24) is 15.2 Å². The van der Waals surface area contributed by atoms with E-state index >= 15 is 0 Å². The maximum absolute atomic E-state index is 13.6. The zero-order chi connectivity index (χ0) is 28.1. The Kier molecular flexibility index (Phi) is 7.83. The Bertz CT molecular complexity index is 1340. The SMILES string of the molecule is BC(B)(NC(=O)c1cc(Cl)c2c(c1C)OC(C)(C1CCN(CC3COC3)CC1)O2)c1c(SC)cc(C)[nH]c1=O. The maximum atomic E-state index is 13.6. The molecule has 2 saturated heterocycles. The second kappa shape index (κ2) is 10.7. The highest BCUT2D eigenvalue weighted by molar-refractivity contribution is 7.98. The molecular weight excluding hydrogens is 535 g/mol. The van der Waals surface area contributed by atoms with Crippen molar-refractivity contribution in [3.8, 4) is 11.5 Å². The van der Waals surface area contributed by atoms with Crippen molar-refractivity contribution in [3.63, 3.8) is 0 Å². The number of aromatic amines is 1. The topological polar surface area (TPSA) is 92.9 Å². The second-order valence-corrected chi connectivity index (χ2v) is 12.9. The molecule has 2 fully saturated rings. The summed E-state index contributed by atoms with van der Waals surface area (Å²) in [6.07, 6.45) is 3.83. The van der Waals surface area contributed by atoms with Crippen LogP contribution in [0.4, 0.5) is 0 Å². The number of carbonyl (C=O) groups excluding carboxylic acids is 1. The average Bonchev–Trinajstić information content (AvgIpc) is 3.22. The van der Waals surface area contributed by atoms with Gasteiger partial charge < -0.3 is 29.4 Å². The number of carbonyl (C=O) groups is 1.